The summed E-state index contributed by atoms with van der Waals surface area (Å²) < 4.78 is 0. The molecule has 0 fully saturated rings. The quantitative estimate of drug-likeness (QED) is 0.200. The molecule has 0 saturated carbocycles. The predicted octanol–water partition coefficient (Wildman–Crippen LogP) is -6.81. The van der Waals surface area contributed by atoms with Gasteiger partial charge in [-0.2, -0.15) is 0 Å². The van der Waals surface area contributed by atoms with E-state index in [0.29, 0.717) is 0 Å². The second kappa shape index (κ2) is 8.09. The molecule has 4 atom stereocenters. The Labute approximate surface area is 114 Å². The second-order valence-corrected chi connectivity index (χ2v) is 2.85. The van der Waals surface area contributed by atoms with E-state index in [-0.39, 0.29) is 31.0 Å². The third-order valence-corrected chi connectivity index (χ3v) is 1.73. The van der Waals surface area contributed by atoms with Crippen molar-refractivity contribution in [2.24, 2.45) is 0 Å². The Hall–Kier alpha value is -0.0600. The Bertz CT molecular complexity index is 250. The summed E-state index contributed by atoms with van der Waals surface area (Å²) in [5.74, 6) is -3.70. The van der Waals surface area contributed by atoms with Gasteiger partial charge in [0.2, 0.25) is 0 Å². The van der Waals surface area contributed by atoms with Crippen LogP contribution in [-0.4, -0.2) is 73.4 Å². The standard InChI is InChI=1S/C7H12O8.Na.H/c8-1-2(9)3(10)4(11)5(12)6(13)7(14)15;;/h2-5,8-12H,1H2,(H,14,15);;/q;+1;-1/t2-,3-,4+,5-;;/m1../s1. The van der Waals surface area contributed by atoms with Crippen LogP contribution >= 0.6 is 0 Å². The first-order chi connectivity index (χ1) is 6.82. The van der Waals surface area contributed by atoms with Gasteiger partial charge in [-0.15, -0.1) is 0 Å². The molecule has 0 heterocycles. The van der Waals surface area contributed by atoms with E-state index < -0.39 is 42.8 Å². The number of carbonyl (C=O) groups is 2. The first-order valence-electron chi connectivity index (χ1n) is 3.93. The Balaban J connectivity index is -0.000000980. The van der Waals surface area contributed by atoms with E-state index in [1.165, 1.54) is 0 Å². The van der Waals surface area contributed by atoms with Gasteiger partial charge in [-0.05, 0) is 0 Å². The number of ketones is 1. The van der Waals surface area contributed by atoms with Crippen LogP contribution in [0.4, 0.5) is 0 Å². The molecule has 9 heteroatoms. The van der Waals surface area contributed by atoms with E-state index in [9.17, 15) is 9.59 Å². The van der Waals surface area contributed by atoms with Crippen molar-refractivity contribution in [3.05, 3.63) is 0 Å². The summed E-state index contributed by atoms with van der Waals surface area (Å²) in [6, 6.07) is 0. The van der Waals surface area contributed by atoms with Gasteiger partial charge in [0, 0.05) is 0 Å². The van der Waals surface area contributed by atoms with Crippen LogP contribution in [-0.2, 0) is 9.59 Å². The zero-order valence-electron chi connectivity index (χ0n) is 9.52. The molecule has 0 aliphatic carbocycles. The van der Waals surface area contributed by atoms with Gasteiger partial charge >= 0.3 is 35.5 Å². The van der Waals surface area contributed by atoms with Crippen LogP contribution in [0.1, 0.15) is 1.43 Å². The van der Waals surface area contributed by atoms with E-state index >= 15 is 0 Å². The normalized spacial score (nSPS) is 17.8. The third kappa shape index (κ3) is 4.85. The van der Waals surface area contributed by atoms with Crippen molar-refractivity contribution in [3.8, 4) is 0 Å². The van der Waals surface area contributed by atoms with Gasteiger partial charge in [0.25, 0.3) is 5.78 Å². The molecular weight excluding hydrogens is 235 g/mol. The fraction of sp³-hybridized carbons (Fsp3) is 0.714. The fourth-order valence-electron chi connectivity index (χ4n) is 0.804. The summed E-state index contributed by atoms with van der Waals surface area (Å²) in [4.78, 5) is 20.7. The smallest absolute Gasteiger partial charge is 1.00 e. The fourth-order valence-corrected chi connectivity index (χ4v) is 0.804. The summed E-state index contributed by atoms with van der Waals surface area (Å²) in [5.41, 5.74) is 0. The molecule has 0 saturated heterocycles. The molecule has 0 rings (SSSR count). The maximum absolute atomic E-state index is 10.6. The van der Waals surface area contributed by atoms with E-state index in [0.717, 1.165) is 0 Å². The van der Waals surface area contributed by atoms with Crippen molar-refractivity contribution in [2.75, 3.05) is 6.61 Å². The molecule has 0 bridgehead atoms. The van der Waals surface area contributed by atoms with Crippen LogP contribution in [0.25, 0.3) is 0 Å². The van der Waals surface area contributed by atoms with Gasteiger partial charge in [0.05, 0.1) is 6.61 Å². The number of aliphatic carboxylic acids is 1. The summed E-state index contributed by atoms with van der Waals surface area (Å²) in [5, 5.41) is 52.4. The Morgan fingerprint density at radius 1 is 1.06 bits per heavy atom. The minimum absolute atomic E-state index is 0. The van der Waals surface area contributed by atoms with E-state index in [2.05, 4.69) is 0 Å². The van der Waals surface area contributed by atoms with E-state index in [1.54, 1.807) is 0 Å². The molecule has 0 aromatic rings. The van der Waals surface area contributed by atoms with Crippen LogP contribution in [0, 0.1) is 0 Å². The summed E-state index contributed by atoms with van der Waals surface area (Å²) in [6.45, 7) is -0.911. The number of hydrogen-bond donors (Lipinski definition) is 6. The largest absolute Gasteiger partial charge is 1.00 e. The number of carbonyl (C=O) groups excluding carboxylic acids is 1. The number of aliphatic hydroxyl groups is 5. The number of rotatable bonds is 6. The minimum Gasteiger partial charge on any atom is -1.00 e. The van der Waals surface area contributed by atoms with Crippen molar-refractivity contribution in [3.63, 3.8) is 0 Å². The number of aliphatic hydroxyl groups excluding tert-OH is 5. The van der Waals surface area contributed by atoms with Gasteiger partial charge in [-0.25, -0.2) is 4.79 Å². The second-order valence-electron chi connectivity index (χ2n) is 2.85. The maximum Gasteiger partial charge on any atom is 1.00 e. The number of carboxylic acids is 1. The average molecular weight is 248 g/mol. The Morgan fingerprint density at radius 2 is 1.50 bits per heavy atom. The van der Waals surface area contributed by atoms with Crippen LogP contribution in [0.5, 0.6) is 0 Å². The van der Waals surface area contributed by atoms with Crippen LogP contribution in [0.2, 0.25) is 0 Å². The molecule has 0 unspecified atom stereocenters. The molecule has 0 aliphatic rings. The third-order valence-electron chi connectivity index (χ3n) is 1.73. The summed E-state index contributed by atoms with van der Waals surface area (Å²) in [6.07, 6.45) is -8.35. The van der Waals surface area contributed by atoms with Crippen molar-refractivity contribution in [1.82, 2.24) is 0 Å². The first kappa shape index (κ1) is 18.3. The van der Waals surface area contributed by atoms with Crippen LogP contribution in [0.15, 0.2) is 0 Å². The number of hydrogen-bond acceptors (Lipinski definition) is 7. The number of carboxylic acid groups (broad SMARTS) is 1. The van der Waals surface area contributed by atoms with Crippen LogP contribution < -0.4 is 29.6 Å². The van der Waals surface area contributed by atoms with Crippen molar-refractivity contribution in [1.29, 1.82) is 0 Å². The van der Waals surface area contributed by atoms with Crippen molar-refractivity contribution < 1.29 is 71.2 Å². The Morgan fingerprint density at radius 3 is 1.81 bits per heavy atom. The van der Waals surface area contributed by atoms with E-state index in [4.69, 9.17) is 30.6 Å². The molecule has 16 heavy (non-hydrogen) atoms. The van der Waals surface area contributed by atoms with Crippen molar-refractivity contribution in [2.45, 2.75) is 24.4 Å². The van der Waals surface area contributed by atoms with E-state index in [1.807, 2.05) is 0 Å². The van der Waals surface area contributed by atoms with Gasteiger partial charge in [-0.3, -0.25) is 4.79 Å². The molecule has 0 aromatic heterocycles. The molecule has 8 nitrogen and oxygen atoms in total. The van der Waals surface area contributed by atoms with Gasteiger partial charge in [-0.1, -0.05) is 0 Å². The van der Waals surface area contributed by atoms with Gasteiger partial charge in [0.15, 0.2) is 6.10 Å². The predicted molar refractivity (Wildman–Crippen MR) is 44.9 cm³/mol. The zero-order valence-corrected chi connectivity index (χ0v) is 10.5. The summed E-state index contributed by atoms with van der Waals surface area (Å²) in [7, 11) is 0. The molecule has 6 N–H and O–H groups in total. The zero-order chi connectivity index (χ0) is 12.2. The summed E-state index contributed by atoms with van der Waals surface area (Å²) >= 11 is 0. The van der Waals surface area contributed by atoms with Gasteiger partial charge < -0.3 is 32.1 Å². The molecule has 0 aliphatic heterocycles. The Kier molecular flexibility index (Phi) is 9.26. The molecular formula is C7H13NaO8. The molecule has 0 aromatic carbocycles. The van der Waals surface area contributed by atoms with Crippen molar-refractivity contribution >= 4 is 11.8 Å². The van der Waals surface area contributed by atoms with Crippen LogP contribution in [0.3, 0.4) is 0 Å². The van der Waals surface area contributed by atoms with Gasteiger partial charge in [0.1, 0.15) is 18.3 Å². The number of Topliss-reactive ketones (excluding diaryl/α,β-unsaturated/α-hetero) is 1. The average Bonchev–Trinajstić information content (AvgIpc) is 2.23. The molecule has 0 amide bonds. The maximum atomic E-state index is 10.6. The molecule has 90 valence electrons. The molecule has 0 spiro atoms. The monoisotopic (exact) mass is 248 g/mol. The first-order valence-corrected chi connectivity index (χ1v) is 3.93. The topological polar surface area (TPSA) is 156 Å². The minimum atomic E-state index is -2.36. The SMILES string of the molecule is O=C(O)C(=O)[C@H](O)[C@@H](O)[C@H](O)[C@H](O)CO.[H-].[Na+]. The molecule has 0 radical (unpaired) electrons.